The second-order valence-electron chi connectivity index (χ2n) is 8.86. The van der Waals surface area contributed by atoms with Crippen LogP contribution in [0.15, 0.2) is 48.5 Å². The average molecular weight is 417 g/mol. The van der Waals surface area contributed by atoms with E-state index in [2.05, 4.69) is 12.1 Å². The van der Waals surface area contributed by atoms with Crippen molar-refractivity contribution in [2.24, 2.45) is 0 Å². The van der Waals surface area contributed by atoms with Gasteiger partial charge in [-0.1, -0.05) is 49.6 Å². The van der Waals surface area contributed by atoms with Gasteiger partial charge in [0.2, 0.25) is 0 Å². The van der Waals surface area contributed by atoms with E-state index in [9.17, 15) is 14.7 Å². The zero-order chi connectivity index (χ0) is 21.4. The summed E-state index contributed by atoms with van der Waals surface area (Å²) in [5.74, 6) is -0.160. The van der Waals surface area contributed by atoms with Gasteiger partial charge in [0, 0.05) is 47.2 Å². The van der Waals surface area contributed by atoms with Crippen molar-refractivity contribution in [3.05, 3.63) is 70.9 Å². The Bertz CT molecular complexity index is 1120. The Morgan fingerprint density at radius 2 is 1.71 bits per heavy atom. The highest BCUT2D eigenvalue weighted by Gasteiger charge is 2.28. The van der Waals surface area contributed by atoms with E-state index >= 15 is 0 Å². The number of carboxylic acids is 1. The minimum atomic E-state index is -0.847. The molecule has 1 aromatic heterocycles. The number of rotatable bonds is 4. The van der Waals surface area contributed by atoms with Crippen LogP contribution < -0.4 is 0 Å². The van der Waals surface area contributed by atoms with Crippen LogP contribution in [-0.4, -0.2) is 33.0 Å². The summed E-state index contributed by atoms with van der Waals surface area (Å²) < 4.78 is 1.90. The van der Waals surface area contributed by atoms with E-state index in [0.29, 0.717) is 25.4 Å². The number of aliphatic carboxylic acids is 1. The molecule has 0 atom stereocenters. The van der Waals surface area contributed by atoms with Crippen LogP contribution in [0.25, 0.3) is 10.9 Å². The molecule has 1 aliphatic carbocycles. The number of benzene rings is 2. The topological polar surface area (TPSA) is 62.5 Å². The molecule has 0 saturated heterocycles. The largest absolute Gasteiger partial charge is 0.480 e. The van der Waals surface area contributed by atoms with Gasteiger partial charge in [0.05, 0.1) is 0 Å². The molecule has 1 N–H and O–H groups in total. The second kappa shape index (κ2) is 8.22. The van der Waals surface area contributed by atoms with E-state index in [4.69, 9.17) is 0 Å². The fraction of sp³-hybridized carbons (Fsp3) is 0.385. The molecule has 5 rings (SSSR count). The van der Waals surface area contributed by atoms with Crippen LogP contribution in [0.5, 0.6) is 0 Å². The van der Waals surface area contributed by atoms with Crippen LogP contribution in [0.4, 0.5) is 0 Å². The molecular formula is C26H28N2O3. The molecule has 1 saturated carbocycles. The van der Waals surface area contributed by atoms with Crippen LogP contribution in [0.1, 0.15) is 65.2 Å². The van der Waals surface area contributed by atoms with Crippen molar-refractivity contribution < 1.29 is 14.7 Å². The summed E-state index contributed by atoms with van der Waals surface area (Å²) in [6.45, 7) is 1.07. The van der Waals surface area contributed by atoms with Gasteiger partial charge in [0.1, 0.15) is 6.54 Å². The summed E-state index contributed by atoms with van der Waals surface area (Å²) in [5, 5.41) is 10.4. The number of aromatic nitrogens is 1. The van der Waals surface area contributed by atoms with Crippen molar-refractivity contribution in [2.75, 3.05) is 6.54 Å². The van der Waals surface area contributed by atoms with Crippen molar-refractivity contribution >= 4 is 22.8 Å². The number of para-hydroxylation sites is 1. The highest BCUT2D eigenvalue weighted by atomic mass is 16.4. The molecular weight excluding hydrogens is 388 g/mol. The molecule has 2 heterocycles. The van der Waals surface area contributed by atoms with Crippen LogP contribution in [0.2, 0.25) is 0 Å². The van der Waals surface area contributed by atoms with Gasteiger partial charge < -0.3 is 14.6 Å². The average Bonchev–Trinajstić information content (AvgIpc) is 3.12. The molecule has 2 aromatic carbocycles. The molecule has 0 bridgehead atoms. The molecule has 3 aromatic rings. The molecule has 0 radical (unpaired) electrons. The minimum absolute atomic E-state index is 0.0492. The third-order valence-electron chi connectivity index (χ3n) is 6.98. The standard InChI is InChI=1S/C26H28N2O3/c29-25(30)17-28-23-9-5-4-8-21(23)22-16-27(15-14-24(22)28)26(31)20-12-10-19(11-13-20)18-6-2-1-3-7-18/h4-5,8-13,18H,1-3,6-7,14-17H2,(H,29,30). The third-order valence-corrected chi connectivity index (χ3v) is 6.98. The van der Waals surface area contributed by atoms with Crippen LogP contribution in [0.3, 0.4) is 0 Å². The summed E-state index contributed by atoms with van der Waals surface area (Å²) in [6.07, 6.45) is 7.12. The lowest BCUT2D eigenvalue weighted by atomic mass is 9.84. The molecule has 2 aliphatic rings. The van der Waals surface area contributed by atoms with Crippen LogP contribution in [0, 0.1) is 0 Å². The van der Waals surface area contributed by atoms with Gasteiger partial charge in [0.25, 0.3) is 5.91 Å². The fourth-order valence-electron chi connectivity index (χ4n) is 5.41. The monoisotopic (exact) mass is 416 g/mol. The number of hydrogen-bond donors (Lipinski definition) is 1. The first-order valence-corrected chi connectivity index (χ1v) is 11.3. The summed E-state index contributed by atoms with van der Waals surface area (Å²) in [7, 11) is 0. The maximum atomic E-state index is 13.2. The number of fused-ring (bicyclic) bond motifs is 3. The first kappa shape index (κ1) is 19.9. The summed E-state index contributed by atoms with van der Waals surface area (Å²) >= 11 is 0. The third kappa shape index (κ3) is 3.73. The number of hydrogen-bond acceptors (Lipinski definition) is 2. The van der Waals surface area contributed by atoms with Crippen molar-refractivity contribution in [1.29, 1.82) is 0 Å². The van der Waals surface area contributed by atoms with E-state index in [1.165, 1.54) is 37.7 Å². The molecule has 31 heavy (non-hydrogen) atoms. The Morgan fingerprint density at radius 3 is 2.45 bits per heavy atom. The van der Waals surface area contributed by atoms with Gasteiger partial charge in [-0.05, 0) is 42.5 Å². The van der Waals surface area contributed by atoms with Crippen molar-refractivity contribution in [1.82, 2.24) is 9.47 Å². The van der Waals surface area contributed by atoms with Crippen LogP contribution >= 0.6 is 0 Å². The van der Waals surface area contributed by atoms with Crippen molar-refractivity contribution in [3.8, 4) is 0 Å². The highest BCUT2D eigenvalue weighted by Crippen LogP contribution is 2.34. The lowest BCUT2D eigenvalue weighted by Crippen LogP contribution is -2.36. The number of carbonyl (C=O) groups is 2. The van der Waals surface area contributed by atoms with Crippen LogP contribution in [-0.2, 0) is 24.3 Å². The second-order valence-corrected chi connectivity index (χ2v) is 8.86. The molecule has 1 amide bonds. The number of nitrogens with zero attached hydrogens (tertiary/aromatic N) is 2. The zero-order valence-corrected chi connectivity index (χ0v) is 17.7. The summed E-state index contributed by atoms with van der Waals surface area (Å²) in [4.78, 5) is 26.6. The Kier molecular flexibility index (Phi) is 5.26. The number of carbonyl (C=O) groups excluding carboxylic acids is 1. The maximum Gasteiger partial charge on any atom is 0.323 e. The first-order chi connectivity index (χ1) is 15.1. The molecule has 0 spiro atoms. The molecule has 1 aliphatic heterocycles. The van der Waals surface area contributed by atoms with Gasteiger partial charge >= 0.3 is 5.97 Å². The molecule has 160 valence electrons. The Labute approximate surface area is 182 Å². The maximum absolute atomic E-state index is 13.2. The van der Waals surface area contributed by atoms with Crippen molar-refractivity contribution in [3.63, 3.8) is 0 Å². The fourth-order valence-corrected chi connectivity index (χ4v) is 5.41. The molecule has 5 heteroatoms. The summed E-state index contributed by atoms with van der Waals surface area (Å²) in [6, 6.07) is 16.1. The predicted molar refractivity (Wildman–Crippen MR) is 120 cm³/mol. The normalized spacial score (nSPS) is 17.0. The van der Waals surface area contributed by atoms with Gasteiger partial charge in [0.15, 0.2) is 0 Å². The quantitative estimate of drug-likeness (QED) is 0.653. The van der Waals surface area contributed by atoms with E-state index in [1.807, 2.05) is 45.9 Å². The molecule has 5 nitrogen and oxygen atoms in total. The van der Waals surface area contributed by atoms with E-state index in [-0.39, 0.29) is 12.5 Å². The summed E-state index contributed by atoms with van der Waals surface area (Å²) in [5.41, 5.74) is 5.14. The van der Waals surface area contributed by atoms with Gasteiger partial charge in [-0.3, -0.25) is 9.59 Å². The number of amides is 1. The van der Waals surface area contributed by atoms with E-state index in [1.54, 1.807) is 0 Å². The first-order valence-electron chi connectivity index (χ1n) is 11.3. The minimum Gasteiger partial charge on any atom is -0.480 e. The molecule has 1 fully saturated rings. The highest BCUT2D eigenvalue weighted by molar-refractivity contribution is 5.95. The molecule has 0 unspecified atom stereocenters. The van der Waals surface area contributed by atoms with Gasteiger partial charge in [-0.2, -0.15) is 0 Å². The van der Waals surface area contributed by atoms with Crippen molar-refractivity contribution in [2.45, 2.75) is 57.5 Å². The van der Waals surface area contributed by atoms with E-state index < -0.39 is 5.97 Å². The van der Waals surface area contributed by atoms with E-state index in [0.717, 1.165) is 27.7 Å². The Morgan fingerprint density at radius 1 is 0.968 bits per heavy atom. The Balaban J connectivity index is 1.39. The smallest absolute Gasteiger partial charge is 0.323 e. The lowest BCUT2D eigenvalue weighted by Gasteiger charge is -2.28. The van der Waals surface area contributed by atoms with Gasteiger partial charge in [-0.25, -0.2) is 0 Å². The zero-order valence-electron chi connectivity index (χ0n) is 17.7. The predicted octanol–water partition coefficient (Wildman–Crippen LogP) is 4.97. The Hall–Kier alpha value is -3.08. The lowest BCUT2D eigenvalue weighted by molar-refractivity contribution is -0.137. The SMILES string of the molecule is O=C(O)Cn1c2c(c3ccccc31)CN(C(=O)c1ccc(C3CCCCC3)cc1)CC2. The number of carboxylic acid groups (broad SMARTS) is 1. The van der Waals surface area contributed by atoms with Gasteiger partial charge in [-0.15, -0.1) is 0 Å².